The summed E-state index contributed by atoms with van der Waals surface area (Å²) in [6.07, 6.45) is 4.35. The minimum Gasteiger partial charge on any atom is -0.493 e. The Labute approximate surface area is 178 Å². The smallest absolute Gasteiger partial charge is 0.191 e. The third-order valence-corrected chi connectivity index (χ3v) is 5.08. The second kappa shape index (κ2) is 15.0. The van der Waals surface area contributed by atoms with Gasteiger partial charge in [0.25, 0.3) is 0 Å². The van der Waals surface area contributed by atoms with Gasteiger partial charge < -0.3 is 25.0 Å². The lowest BCUT2D eigenvalue weighted by Gasteiger charge is -2.21. The van der Waals surface area contributed by atoms with Crippen LogP contribution in [0.2, 0.25) is 0 Å². The SMILES string of the molecule is CCOc1cc(CCCNC(=NC)NC(C)CCCN(CC)CC)ccc1OC. The minimum absolute atomic E-state index is 0.409. The Balaban J connectivity index is 2.34. The standard InChI is InChI=1S/C23H42N4O2/c1-7-27(8-2)17-11-12-19(4)26-23(24-5)25-16-10-13-20-14-15-21(28-6)22(18-20)29-9-3/h14-15,18-19H,7-13,16-17H2,1-6H3,(H2,24,25,26). The van der Waals surface area contributed by atoms with E-state index in [0.717, 1.165) is 62.9 Å². The number of hydrogen-bond donors (Lipinski definition) is 2. The highest BCUT2D eigenvalue weighted by molar-refractivity contribution is 5.79. The lowest BCUT2D eigenvalue weighted by Crippen LogP contribution is -2.42. The molecule has 0 saturated heterocycles. The number of aryl methyl sites for hydroxylation is 1. The lowest BCUT2D eigenvalue weighted by molar-refractivity contribution is 0.292. The van der Waals surface area contributed by atoms with E-state index in [1.807, 2.05) is 20.0 Å². The summed E-state index contributed by atoms with van der Waals surface area (Å²) in [5.41, 5.74) is 1.25. The Morgan fingerprint density at radius 2 is 1.90 bits per heavy atom. The topological polar surface area (TPSA) is 58.1 Å². The maximum atomic E-state index is 5.66. The summed E-state index contributed by atoms with van der Waals surface area (Å²) in [6.45, 7) is 13.6. The summed E-state index contributed by atoms with van der Waals surface area (Å²) < 4.78 is 11.0. The van der Waals surface area contributed by atoms with Crippen LogP contribution in [0.4, 0.5) is 0 Å². The summed E-state index contributed by atoms with van der Waals surface area (Å²) in [5.74, 6) is 2.48. The van der Waals surface area contributed by atoms with Crippen LogP contribution in [0.1, 0.15) is 52.5 Å². The average Bonchev–Trinajstić information content (AvgIpc) is 2.73. The van der Waals surface area contributed by atoms with Crippen LogP contribution in [0.25, 0.3) is 0 Å². The summed E-state index contributed by atoms with van der Waals surface area (Å²) in [7, 11) is 3.50. The van der Waals surface area contributed by atoms with E-state index in [0.29, 0.717) is 12.6 Å². The first-order valence-corrected chi connectivity index (χ1v) is 11.1. The number of rotatable bonds is 14. The van der Waals surface area contributed by atoms with Gasteiger partial charge in [0.15, 0.2) is 17.5 Å². The van der Waals surface area contributed by atoms with E-state index >= 15 is 0 Å². The molecular formula is C23H42N4O2. The summed E-state index contributed by atoms with van der Waals surface area (Å²) in [5, 5.41) is 6.93. The van der Waals surface area contributed by atoms with Crippen molar-refractivity contribution in [3.63, 3.8) is 0 Å². The fraction of sp³-hybridized carbons (Fsp3) is 0.696. The number of guanidine groups is 1. The van der Waals surface area contributed by atoms with Crippen molar-refractivity contribution in [2.45, 2.75) is 59.4 Å². The molecule has 6 nitrogen and oxygen atoms in total. The molecular weight excluding hydrogens is 364 g/mol. The molecule has 0 aliphatic heterocycles. The minimum atomic E-state index is 0.409. The predicted molar refractivity (Wildman–Crippen MR) is 123 cm³/mol. The summed E-state index contributed by atoms with van der Waals surface area (Å²) in [6, 6.07) is 6.57. The fourth-order valence-electron chi connectivity index (χ4n) is 3.31. The van der Waals surface area contributed by atoms with E-state index in [1.165, 1.54) is 12.0 Å². The van der Waals surface area contributed by atoms with Crippen LogP contribution >= 0.6 is 0 Å². The molecule has 1 rings (SSSR count). The van der Waals surface area contributed by atoms with Gasteiger partial charge in [-0.05, 0) is 76.9 Å². The molecule has 0 heterocycles. The van der Waals surface area contributed by atoms with E-state index in [1.54, 1.807) is 7.11 Å². The molecule has 0 saturated carbocycles. The van der Waals surface area contributed by atoms with E-state index in [9.17, 15) is 0 Å². The van der Waals surface area contributed by atoms with Crippen LogP contribution in [-0.2, 0) is 6.42 Å². The zero-order valence-corrected chi connectivity index (χ0v) is 19.4. The molecule has 0 spiro atoms. The quantitative estimate of drug-likeness (QED) is 0.280. The largest absolute Gasteiger partial charge is 0.493 e. The van der Waals surface area contributed by atoms with Gasteiger partial charge in [0.2, 0.25) is 0 Å². The van der Waals surface area contributed by atoms with Crippen molar-refractivity contribution in [3.8, 4) is 11.5 Å². The van der Waals surface area contributed by atoms with Crippen molar-refractivity contribution >= 4 is 5.96 Å². The molecule has 2 N–H and O–H groups in total. The highest BCUT2D eigenvalue weighted by Gasteiger charge is 2.08. The molecule has 0 fully saturated rings. The zero-order valence-electron chi connectivity index (χ0n) is 19.4. The van der Waals surface area contributed by atoms with Crippen LogP contribution in [-0.4, -0.2) is 63.8 Å². The second-order valence-electron chi connectivity index (χ2n) is 7.24. The van der Waals surface area contributed by atoms with Crippen molar-refractivity contribution in [3.05, 3.63) is 23.8 Å². The van der Waals surface area contributed by atoms with Crippen molar-refractivity contribution in [1.29, 1.82) is 0 Å². The predicted octanol–water partition coefficient (Wildman–Crippen LogP) is 3.70. The number of benzene rings is 1. The molecule has 1 atom stereocenters. The molecule has 0 aliphatic carbocycles. The Hall–Kier alpha value is -1.95. The summed E-state index contributed by atoms with van der Waals surface area (Å²) >= 11 is 0. The number of methoxy groups -OCH3 is 1. The molecule has 29 heavy (non-hydrogen) atoms. The normalized spacial score (nSPS) is 12.7. The van der Waals surface area contributed by atoms with E-state index in [-0.39, 0.29) is 0 Å². The first-order chi connectivity index (χ1) is 14.1. The number of nitrogens with one attached hydrogen (secondary N) is 2. The van der Waals surface area contributed by atoms with E-state index in [2.05, 4.69) is 53.4 Å². The molecule has 0 bridgehead atoms. The van der Waals surface area contributed by atoms with Crippen LogP contribution in [0.3, 0.4) is 0 Å². The molecule has 166 valence electrons. The van der Waals surface area contributed by atoms with Crippen molar-refractivity contribution in [2.24, 2.45) is 4.99 Å². The van der Waals surface area contributed by atoms with Gasteiger partial charge in [-0.3, -0.25) is 4.99 Å². The second-order valence-corrected chi connectivity index (χ2v) is 7.24. The highest BCUT2D eigenvalue weighted by Crippen LogP contribution is 2.28. The first kappa shape index (κ1) is 25.1. The summed E-state index contributed by atoms with van der Waals surface area (Å²) in [4.78, 5) is 6.82. The lowest BCUT2D eigenvalue weighted by atomic mass is 10.1. The van der Waals surface area contributed by atoms with Crippen LogP contribution < -0.4 is 20.1 Å². The van der Waals surface area contributed by atoms with Gasteiger partial charge in [-0.15, -0.1) is 0 Å². The third kappa shape index (κ3) is 9.88. The third-order valence-electron chi connectivity index (χ3n) is 5.08. The molecule has 1 aromatic carbocycles. The Morgan fingerprint density at radius 1 is 1.14 bits per heavy atom. The molecule has 0 radical (unpaired) electrons. The molecule has 0 aromatic heterocycles. The van der Waals surface area contributed by atoms with Crippen LogP contribution in [0.5, 0.6) is 11.5 Å². The average molecular weight is 407 g/mol. The van der Waals surface area contributed by atoms with Gasteiger partial charge in [-0.25, -0.2) is 0 Å². The monoisotopic (exact) mass is 406 g/mol. The Morgan fingerprint density at radius 3 is 2.52 bits per heavy atom. The highest BCUT2D eigenvalue weighted by atomic mass is 16.5. The number of ether oxygens (including phenoxy) is 2. The fourth-order valence-corrected chi connectivity index (χ4v) is 3.31. The van der Waals surface area contributed by atoms with Gasteiger partial charge >= 0.3 is 0 Å². The molecule has 1 unspecified atom stereocenters. The van der Waals surface area contributed by atoms with Gasteiger partial charge in [0, 0.05) is 19.6 Å². The van der Waals surface area contributed by atoms with Gasteiger partial charge in [-0.2, -0.15) is 0 Å². The number of aliphatic imine (C=N–C) groups is 1. The maximum absolute atomic E-state index is 5.66. The molecule has 1 aromatic rings. The van der Waals surface area contributed by atoms with Gasteiger partial charge in [-0.1, -0.05) is 19.9 Å². The molecule has 6 heteroatoms. The van der Waals surface area contributed by atoms with Crippen LogP contribution in [0, 0.1) is 0 Å². The van der Waals surface area contributed by atoms with E-state index in [4.69, 9.17) is 9.47 Å². The first-order valence-electron chi connectivity index (χ1n) is 11.1. The van der Waals surface area contributed by atoms with Crippen molar-refractivity contribution in [1.82, 2.24) is 15.5 Å². The number of nitrogens with zero attached hydrogens (tertiary/aromatic N) is 2. The molecule has 0 amide bonds. The molecule has 0 aliphatic rings. The zero-order chi connectivity index (χ0) is 21.5. The van der Waals surface area contributed by atoms with Gasteiger partial charge in [0.05, 0.1) is 13.7 Å². The Bertz CT molecular complexity index is 588. The maximum Gasteiger partial charge on any atom is 0.191 e. The van der Waals surface area contributed by atoms with E-state index < -0.39 is 0 Å². The number of hydrogen-bond acceptors (Lipinski definition) is 4. The van der Waals surface area contributed by atoms with Crippen LogP contribution in [0.15, 0.2) is 23.2 Å². The van der Waals surface area contributed by atoms with Crippen molar-refractivity contribution in [2.75, 3.05) is 46.9 Å². The Kier molecular flexibility index (Phi) is 12.9. The van der Waals surface area contributed by atoms with Gasteiger partial charge in [0.1, 0.15) is 0 Å². The van der Waals surface area contributed by atoms with Crippen molar-refractivity contribution < 1.29 is 9.47 Å².